The molecule has 1 saturated heterocycles. The van der Waals surface area contributed by atoms with E-state index in [2.05, 4.69) is 16.7 Å². The Bertz CT molecular complexity index is 414. The molecule has 18 heavy (non-hydrogen) atoms. The first-order valence-electron chi connectivity index (χ1n) is 6.92. The average molecular weight is 264 g/mol. The highest BCUT2D eigenvalue weighted by Crippen LogP contribution is 2.30. The molecule has 0 spiro atoms. The molecule has 4 heteroatoms. The van der Waals surface area contributed by atoms with Crippen LogP contribution in [0.25, 0.3) is 0 Å². The molecule has 1 aliphatic heterocycles. The smallest absolute Gasteiger partial charge is 0.224 e. The quantitative estimate of drug-likeness (QED) is 0.875. The van der Waals surface area contributed by atoms with Crippen LogP contribution in [0, 0.1) is 5.92 Å². The summed E-state index contributed by atoms with van der Waals surface area (Å²) in [4.78, 5) is 14.9. The second kappa shape index (κ2) is 5.41. The summed E-state index contributed by atoms with van der Waals surface area (Å²) in [5.41, 5.74) is 1.52. The van der Waals surface area contributed by atoms with Crippen molar-refractivity contribution in [2.75, 3.05) is 13.1 Å². The van der Waals surface area contributed by atoms with E-state index in [1.807, 2.05) is 11.3 Å². The fourth-order valence-electron chi connectivity index (χ4n) is 2.87. The van der Waals surface area contributed by atoms with Crippen molar-refractivity contribution in [2.45, 2.75) is 38.6 Å². The molecule has 1 aliphatic carbocycles. The highest BCUT2D eigenvalue weighted by Gasteiger charge is 2.21. The van der Waals surface area contributed by atoms with E-state index in [4.69, 9.17) is 0 Å². The summed E-state index contributed by atoms with van der Waals surface area (Å²) in [7, 11) is 0. The Hall–Kier alpha value is -0.870. The topological polar surface area (TPSA) is 41.1 Å². The minimum absolute atomic E-state index is 0.172. The van der Waals surface area contributed by atoms with E-state index in [0.717, 1.165) is 25.9 Å². The molecule has 2 heterocycles. The van der Waals surface area contributed by atoms with Gasteiger partial charge in [-0.1, -0.05) is 0 Å². The third-order valence-electron chi connectivity index (χ3n) is 3.90. The van der Waals surface area contributed by atoms with Gasteiger partial charge in [-0.3, -0.25) is 4.79 Å². The van der Waals surface area contributed by atoms with Gasteiger partial charge in [-0.15, -0.1) is 11.3 Å². The molecule has 1 fully saturated rings. The van der Waals surface area contributed by atoms with Crippen molar-refractivity contribution in [3.8, 4) is 0 Å². The molecule has 3 rings (SSSR count). The van der Waals surface area contributed by atoms with E-state index in [1.165, 1.54) is 29.7 Å². The molecule has 1 aromatic rings. The van der Waals surface area contributed by atoms with Crippen LogP contribution in [0.2, 0.25) is 0 Å². The molecule has 0 unspecified atom stereocenters. The molecule has 0 bridgehead atoms. The van der Waals surface area contributed by atoms with Gasteiger partial charge in [-0.05, 0) is 50.3 Å². The van der Waals surface area contributed by atoms with Crippen LogP contribution < -0.4 is 10.6 Å². The van der Waals surface area contributed by atoms with Crippen LogP contribution in [-0.2, 0) is 24.2 Å². The van der Waals surface area contributed by atoms with E-state index < -0.39 is 0 Å². The fraction of sp³-hybridized carbons (Fsp3) is 0.643. The molecule has 0 aromatic carbocycles. The lowest BCUT2D eigenvalue weighted by Crippen LogP contribution is -2.40. The van der Waals surface area contributed by atoms with E-state index in [9.17, 15) is 4.79 Å². The molecule has 2 N–H and O–H groups in total. The van der Waals surface area contributed by atoms with E-state index in [0.29, 0.717) is 6.54 Å². The van der Waals surface area contributed by atoms with Gasteiger partial charge in [0.1, 0.15) is 0 Å². The maximum Gasteiger partial charge on any atom is 0.224 e. The number of piperidine rings is 1. The van der Waals surface area contributed by atoms with Crippen molar-refractivity contribution in [3.63, 3.8) is 0 Å². The van der Waals surface area contributed by atoms with Gasteiger partial charge in [-0.2, -0.15) is 0 Å². The number of carbonyl (C=O) groups excluding carboxylic acids is 1. The Morgan fingerprint density at radius 1 is 1.44 bits per heavy atom. The third kappa shape index (κ3) is 2.59. The van der Waals surface area contributed by atoms with Crippen molar-refractivity contribution in [1.29, 1.82) is 0 Å². The summed E-state index contributed by atoms with van der Waals surface area (Å²) in [6.07, 6.45) is 5.92. The fourth-order valence-corrected chi connectivity index (χ4v) is 4.07. The first-order chi connectivity index (χ1) is 8.83. The number of fused-ring (bicyclic) bond motifs is 1. The van der Waals surface area contributed by atoms with Gasteiger partial charge >= 0.3 is 0 Å². The van der Waals surface area contributed by atoms with Crippen LogP contribution in [0.5, 0.6) is 0 Å². The van der Waals surface area contributed by atoms with E-state index in [1.54, 1.807) is 4.88 Å². The van der Waals surface area contributed by atoms with Crippen molar-refractivity contribution >= 4 is 17.2 Å². The predicted molar refractivity (Wildman–Crippen MR) is 73.8 cm³/mol. The van der Waals surface area contributed by atoms with Gasteiger partial charge in [-0.25, -0.2) is 0 Å². The van der Waals surface area contributed by atoms with Gasteiger partial charge in [0.15, 0.2) is 0 Å². The standard InChI is InChI=1S/C14H20N2OS/c17-14(11-4-2-6-15-8-11)16-9-12-7-10-3-1-5-13(10)18-12/h7,11,15H,1-6,8-9H2,(H,16,17)/t11-/m0/s1. The summed E-state index contributed by atoms with van der Waals surface area (Å²) in [6, 6.07) is 2.28. The molecule has 98 valence electrons. The molecular weight excluding hydrogens is 244 g/mol. The zero-order valence-electron chi connectivity index (χ0n) is 10.6. The number of amides is 1. The van der Waals surface area contributed by atoms with Gasteiger partial charge < -0.3 is 10.6 Å². The normalized spacial score (nSPS) is 22.8. The minimum Gasteiger partial charge on any atom is -0.351 e. The van der Waals surface area contributed by atoms with E-state index in [-0.39, 0.29) is 11.8 Å². The van der Waals surface area contributed by atoms with Crippen molar-refractivity contribution < 1.29 is 4.79 Å². The van der Waals surface area contributed by atoms with Crippen LogP contribution in [0.3, 0.4) is 0 Å². The van der Waals surface area contributed by atoms with Gasteiger partial charge in [0.25, 0.3) is 0 Å². The first kappa shape index (κ1) is 12.2. The lowest BCUT2D eigenvalue weighted by molar-refractivity contribution is -0.125. The third-order valence-corrected chi connectivity index (χ3v) is 5.14. The molecular formula is C14H20N2OS. The summed E-state index contributed by atoms with van der Waals surface area (Å²) in [5.74, 6) is 0.390. The second-order valence-corrected chi connectivity index (χ2v) is 6.50. The largest absolute Gasteiger partial charge is 0.351 e. The van der Waals surface area contributed by atoms with Gasteiger partial charge in [0.05, 0.1) is 12.5 Å². The maximum absolute atomic E-state index is 12.0. The zero-order valence-corrected chi connectivity index (χ0v) is 11.4. The number of aryl methyl sites for hydroxylation is 2. The Morgan fingerprint density at radius 3 is 3.17 bits per heavy atom. The number of carbonyl (C=O) groups is 1. The van der Waals surface area contributed by atoms with Crippen molar-refractivity contribution in [3.05, 3.63) is 21.4 Å². The molecule has 3 nitrogen and oxygen atoms in total. The van der Waals surface area contributed by atoms with Crippen molar-refractivity contribution in [1.82, 2.24) is 10.6 Å². The van der Waals surface area contributed by atoms with Crippen LogP contribution in [0.4, 0.5) is 0 Å². The van der Waals surface area contributed by atoms with E-state index >= 15 is 0 Å². The second-order valence-electron chi connectivity index (χ2n) is 5.28. The van der Waals surface area contributed by atoms with Gasteiger partial charge in [0, 0.05) is 16.3 Å². The first-order valence-corrected chi connectivity index (χ1v) is 7.73. The molecule has 1 aromatic heterocycles. The summed E-state index contributed by atoms with van der Waals surface area (Å²) in [6.45, 7) is 2.61. The average Bonchev–Trinajstić information content (AvgIpc) is 2.97. The molecule has 2 aliphatic rings. The monoisotopic (exact) mass is 264 g/mol. The number of hydrogen-bond acceptors (Lipinski definition) is 3. The zero-order chi connectivity index (χ0) is 12.4. The Morgan fingerprint density at radius 2 is 2.39 bits per heavy atom. The van der Waals surface area contributed by atoms with Crippen molar-refractivity contribution in [2.24, 2.45) is 5.92 Å². The van der Waals surface area contributed by atoms with Crippen LogP contribution in [-0.4, -0.2) is 19.0 Å². The highest BCUT2D eigenvalue weighted by atomic mass is 32.1. The lowest BCUT2D eigenvalue weighted by atomic mass is 9.99. The Balaban J connectivity index is 1.52. The number of rotatable bonds is 3. The number of nitrogens with one attached hydrogen (secondary N) is 2. The number of thiophene rings is 1. The summed E-state index contributed by atoms with van der Waals surface area (Å²) < 4.78 is 0. The minimum atomic E-state index is 0.172. The summed E-state index contributed by atoms with van der Waals surface area (Å²) >= 11 is 1.88. The maximum atomic E-state index is 12.0. The molecule has 0 radical (unpaired) electrons. The van der Waals surface area contributed by atoms with Crippen LogP contribution >= 0.6 is 11.3 Å². The summed E-state index contributed by atoms with van der Waals surface area (Å²) in [5, 5.41) is 6.38. The molecule has 0 saturated carbocycles. The molecule has 1 atom stereocenters. The Kier molecular flexibility index (Phi) is 3.66. The lowest BCUT2D eigenvalue weighted by Gasteiger charge is -2.21. The SMILES string of the molecule is O=C(NCc1cc2c(s1)CCC2)[C@H]1CCCNC1. The van der Waals surface area contributed by atoms with Crippen LogP contribution in [0.1, 0.15) is 34.6 Å². The van der Waals surface area contributed by atoms with Crippen LogP contribution in [0.15, 0.2) is 6.07 Å². The highest BCUT2D eigenvalue weighted by molar-refractivity contribution is 7.12. The number of hydrogen-bond donors (Lipinski definition) is 2. The Labute approximate surface area is 112 Å². The predicted octanol–water partition coefficient (Wildman–Crippen LogP) is 1.85. The van der Waals surface area contributed by atoms with Gasteiger partial charge in [0.2, 0.25) is 5.91 Å². The molecule has 1 amide bonds.